The monoisotopic (exact) mass is 418 g/mol. The predicted octanol–water partition coefficient (Wildman–Crippen LogP) is 3.98. The summed E-state index contributed by atoms with van der Waals surface area (Å²) in [5.74, 6) is 0.681. The molecule has 0 radical (unpaired) electrons. The molecule has 136 valence electrons. The Hall–Kier alpha value is -0.780. The van der Waals surface area contributed by atoms with Crippen LogP contribution in [0, 0.1) is 6.92 Å². The number of hydrogen-bond acceptors (Lipinski definition) is 3. The molecule has 1 aliphatic rings. The number of halogens is 2. The zero-order chi connectivity index (χ0) is 17.3. The molecule has 2 N–H and O–H groups in total. The Morgan fingerprint density at radius 2 is 1.88 bits per heavy atom. The molecule has 2 rings (SSSR count). The zero-order valence-corrected chi connectivity index (χ0v) is 17.4. The van der Waals surface area contributed by atoms with Crippen LogP contribution < -0.4 is 15.4 Å². The van der Waals surface area contributed by atoms with Crippen LogP contribution >= 0.6 is 28.3 Å². The second-order valence-corrected chi connectivity index (χ2v) is 8.68. The highest BCUT2D eigenvalue weighted by Gasteiger charge is 2.38. The van der Waals surface area contributed by atoms with E-state index in [9.17, 15) is 4.79 Å². The molecular formula is C18H28BrClN2O2. The number of hydrogen-bond donors (Lipinski definition) is 2. The minimum Gasteiger partial charge on any atom is -0.484 e. The second kappa shape index (κ2) is 8.07. The quantitative estimate of drug-likeness (QED) is 0.776. The predicted molar refractivity (Wildman–Crippen MR) is 104 cm³/mol. The summed E-state index contributed by atoms with van der Waals surface area (Å²) in [5.41, 5.74) is 1.04. The number of carbonyl (C=O) groups is 1. The van der Waals surface area contributed by atoms with Crippen molar-refractivity contribution in [3.8, 4) is 5.75 Å². The molecule has 1 amide bonds. The van der Waals surface area contributed by atoms with E-state index in [4.69, 9.17) is 4.74 Å². The fourth-order valence-corrected chi connectivity index (χ4v) is 4.09. The van der Waals surface area contributed by atoms with Crippen LogP contribution in [0.5, 0.6) is 5.75 Å². The molecule has 0 aromatic heterocycles. The van der Waals surface area contributed by atoms with Gasteiger partial charge < -0.3 is 15.4 Å². The topological polar surface area (TPSA) is 50.4 Å². The lowest BCUT2D eigenvalue weighted by Crippen LogP contribution is -2.62. The van der Waals surface area contributed by atoms with Crippen LogP contribution in [0.15, 0.2) is 22.7 Å². The van der Waals surface area contributed by atoms with Gasteiger partial charge in [0, 0.05) is 21.6 Å². The van der Waals surface area contributed by atoms with Crippen LogP contribution in [0.25, 0.3) is 0 Å². The van der Waals surface area contributed by atoms with E-state index in [-0.39, 0.29) is 42.0 Å². The van der Waals surface area contributed by atoms with Crippen LogP contribution in [-0.4, -0.2) is 29.6 Å². The molecule has 6 heteroatoms. The lowest BCUT2D eigenvalue weighted by molar-refractivity contribution is -0.124. The molecule has 1 heterocycles. The van der Waals surface area contributed by atoms with Crippen molar-refractivity contribution >= 4 is 34.2 Å². The fraction of sp³-hybridized carbons (Fsp3) is 0.611. The van der Waals surface area contributed by atoms with E-state index in [2.05, 4.69) is 54.3 Å². The Morgan fingerprint density at radius 3 is 2.42 bits per heavy atom. The smallest absolute Gasteiger partial charge is 0.258 e. The Morgan fingerprint density at radius 1 is 1.29 bits per heavy atom. The van der Waals surface area contributed by atoms with Gasteiger partial charge in [0.25, 0.3) is 5.91 Å². The Labute approximate surface area is 159 Å². The maximum Gasteiger partial charge on any atom is 0.258 e. The van der Waals surface area contributed by atoms with Crippen molar-refractivity contribution in [1.82, 2.24) is 10.6 Å². The summed E-state index contributed by atoms with van der Waals surface area (Å²) in [4.78, 5) is 12.2. The number of aryl methyl sites for hydroxylation is 1. The van der Waals surface area contributed by atoms with E-state index < -0.39 is 0 Å². The fourth-order valence-electron chi connectivity index (χ4n) is 3.61. The van der Waals surface area contributed by atoms with Crippen molar-refractivity contribution in [1.29, 1.82) is 0 Å². The normalized spacial score (nSPS) is 19.2. The second-order valence-electron chi connectivity index (χ2n) is 7.76. The maximum atomic E-state index is 12.2. The van der Waals surface area contributed by atoms with Gasteiger partial charge in [0.1, 0.15) is 5.75 Å². The van der Waals surface area contributed by atoms with Gasteiger partial charge >= 0.3 is 0 Å². The molecule has 1 fully saturated rings. The molecular weight excluding hydrogens is 392 g/mol. The summed E-state index contributed by atoms with van der Waals surface area (Å²) in [5, 5.41) is 6.74. The highest BCUT2D eigenvalue weighted by molar-refractivity contribution is 9.10. The van der Waals surface area contributed by atoms with Crippen molar-refractivity contribution in [3.05, 3.63) is 28.2 Å². The summed E-state index contributed by atoms with van der Waals surface area (Å²) in [6.07, 6.45) is 1.83. The van der Waals surface area contributed by atoms with E-state index in [1.165, 1.54) is 0 Å². The van der Waals surface area contributed by atoms with Crippen LogP contribution in [0.2, 0.25) is 0 Å². The average molecular weight is 420 g/mol. The lowest BCUT2D eigenvalue weighted by atomic mass is 9.79. The summed E-state index contributed by atoms with van der Waals surface area (Å²) in [7, 11) is 0. The van der Waals surface area contributed by atoms with E-state index >= 15 is 0 Å². The molecule has 0 bridgehead atoms. The molecule has 0 atom stereocenters. The number of piperidine rings is 1. The van der Waals surface area contributed by atoms with E-state index in [1.54, 1.807) is 0 Å². The Kier molecular flexibility index (Phi) is 7.15. The van der Waals surface area contributed by atoms with E-state index in [0.717, 1.165) is 28.6 Å². The molecule has 0 spiro atoms. The minimum absolute atomic E-state index is 0. The average Bonchev–Trinajstić information content (AvgIpc) is 2.33. The van der Waals surface area contributed by atoms with Gasteiger partial charge in [-0.1, -0.05) is 15.9 Å². The van der Waals surface area contributed by atoms with Gasteiger partial charge in [-0.2, -0.15) is 0 Å². The van der Waals surface area contributed by atoms with Crippen LogP contribution in [0.3, 0.4) is 0 Å². The largest absolute Gasteiger partial charge is 0.484 e. The number of amides is 1. The SMILES string of the molecule is Cc1cc(Br)ccc1OCC(=O)NC1CC(C)(C)NC(C)(C)C1.Cl. The summed E-state index contributed by atoms with van der Waals surface area (Å²) < 4.78 is 6.66. The Bertz CT molecular complexity index is 574. The van der Waals surface area contributed by atoms with Gasteiger partial charge in [-0.05, 0) is 71.2 Å². The van der Waals surface area contributed by atoms with Crippen molar-refractivity contribution in [3.63, 3.8) is 0 Å². The van der Waals surface area contributed by atoms with Crippen LogP contribution in [0.1, 0.15) is 46.1 Å². The number of nitrogens with one attached hydrogen (secondary N) is 2. The highest BCUT2D eigenvalue weighted by atomic mass is 79.9. The molecule has 1 aromatic carbocycles. The number of ether oxygens (including phenoxy) is 1. The number of carbonyl (C=O) groups excluding carboxylic acids is 1. The molecule has 4 nitrogen and oxygen atoms in total. The molecule has 1 saturated heterocycles. The summed E-state index contributed by atoms with van der Waals surface area (Å²) in [6.45, 7) is 10.7. The van der Waals surface area contributed by atoms with Gasteiger partial charge in [-0.15, -0.1) is 12.4 Å². The molecule has 0 saturated carbocycles. The molecule has 1 aromatic rings. The molecule has 0 unspecified atom stereocenters. The zero-order valence-electron chi connectivity index (χ0n) is 15.0. The third-order valence-electron chi connectivity index (χ3n) is 4.05. The van der Waals surface area contributed by atoms with Crippen LogP contribution in [0.4, 0.5) is 0 Å². The standard InChI is InChI=1S/C18H27BrN2O2.ClH/c1-12-8-13(19)6-7-15(12)23-11-16(22)20-14-9-17(2,3)21-18(4,5)10-14;/h6-8,14,21H,9-11H2,1-5H3,(H,20,22);1H. The molecule has 1 aliphatic heterocycles. The number of rotatable bonds is 4. The molecule has 0 aliphatic carbocycles. The third-order valence-corrected chi connectivity index (χ3v) is 4.54. The van der Waals surface area contributed by atoms with Crippen molar-refractivity contribution in [2.24, 2.45) is 0 Å². The third kappa shape index (κ3) is 6.26. The first kappa shape index (κ1) is 21.3. The first-order chi connectivity index (χ1) is 10.6. The number of benzene rings is 1. The first-order valence-electron chi connectivity index (χ1n) is 8.04. The maximum absolute atomic E-state index is 12.2. The van der Waals surface area contributed by atoms with Crippen molar-refractivity contribution in [2.45, 2.75) is 64.6 Å². The summed E-state index contributed by atoms with van der Waals surface area (Å²) in [6, 6.07) is 5.94. The van der Waals surface area contributed by atoms with Crippen molar-refractivity contribution < 1.29 is 9.53 Å². The van der Waals surface area contributed by atoms with Gasteiger partial charge in [0.2, 0.25) is 0 Å². The molecule has 24 heavy (non-hydrogen) atoms. The van der Waals surface area contributed by atoms with Gasteiger partial charge in [-0.25, -0.2) is 0 Å². The summed E-state index contributed by atoms with van der Waals surface area (Å²) >= 11 is 3.42. The van der Waals surface area contributed by atoms with Crippen LogP contribution in [-0.2, 0) is 4.79 Å². The lowest BCUT2D eigenvalue weighted by Gasteiger charge is -2.46. The first-order valence-corrected chi connectivity index (χ1v) is 8.83. The van der Waals surface area contributed by atoms with Gasteiger partial charge in [-0.3, -0.25) is 4.79 Å². The van der Waals surface area contributed by atoms with Gasteiger partial charge in [0.05, 0.1) is 0 Å². The van der Waals surface area contributed by atoms with Crippen molar-refractivity contribution in [2.75, 3.05) is 6.61 Å². The van der Waals surface area contributed by atoms with E-state index in [1.807, 2.05) is 25.1 Å². The Balaban J connectivity index is 0.00000288. The highest BCUT2D eigenvalue weighted by Crippen LogP contribution is 2.28. The van der Waals surface area contributed by atoms with E-state index in [0.29, 0.717) is 0 Å². The minimum atomic E-state index is -0.0641. The van der Waals surface area contributed by atoms with Gasteiger partial charge in [0.15, 0.2) is 6.61 Å².